The van der Waals surface area contributed by atoms with E-state index < -0.39 is 0 Å². The molecule has 0 bridgehead atoms. The topological polar surface area (TPSA) is 42.0 Å². The van der Waals surface area contributed by atoms with Gasteiger partial charge in [-0.2, -0.15) is 0 Å². The number of carbonyl (C=O) groups excluding carboxylic acids is 1. The predicted octanol–water partition coefficient (Wildman–Crippen LogP) is 6.08. The molecule has 0 saturated heterocycles. The summed E-state index contributed by atoms with van der Waals surface area (Å²) in [4.78, 5) is 17.1. The second-order valence-corrected chi connectivity index (χ2v) is 7.14. The fraction of sp³-hybridized carbons (Fsp3) is 0.120. The van der Waals surface area contributed by atoms with E-state index in [1.165, 1.54) is 5.56 Å². The van der Waals surface area contributed by atoms with Crippen LogP contribution in [0.3, 0.4) is 0 Å². The lowest BCUT2D eigenvalue weighted by Gasteiger charge is -2.11. The fourth-order valence-corrected chi connectivity index (χ4v) is 3.42. The summed E-state index contributed by atoms with van der Waals surface area (Å²) in [5.41, 5.74) is 8.15. The van der Waals surface area contributed by atoms with Crippen LogP contribution in [-0.2, 0) is 0 Å². The summed E-state index contributed by atoms with van der Waals surface area (Å²) in [5, 5.41) is 4.13. The summed E-state index contributed by atoms with van der Waals surface area (Å²) in [6, 6.07) is 22.0. The van der Waals surface area contributed by atoms with Crippen molar-refractivity contribution in [1.82, 2.24) is 4.98 Å². The molecule has 1 amide bonds. The largest absolute Gasteiger partial charge is 0.322 e. The highest BCUT2D eigenvalue weighted by molar-refractivity contribution is 6.05. The summed E-state index contributed by atoms with van der Waals surface area (Å²) in [6.07, 6.45) is 1.81. The third kappa shape index (κ3) is 3.39. The van der Waals surface area contributed by atoms with E-state index in [1.807, 2.05) is 68.6 Å². The molecule has 1 aromatic heterocycles. The highest BCUT2D eigenvalue weighted by Gasteiger charge is 2.10. The Morgan fingerprint density at radius 2 is 1.64 bits per heavy atom. The van der Waals surface area contributed by atoms with Crippen molar-refractivity contribution in [1.29, 1.82) is 0 Å². The molecule has 1 heterocycles. The molecule has 138 valence electrons. The Balaban J connectivity index is 1.61. The van der Waals surface area contributed by atoms with E-state index in [9.17, 15) is 4.79 Å². The van der Waals surface area contributed by atoms with E-state index in [4.69, 9.17) is 0 Å². The summed E-state index contributed by atoms with van der Waals surface area (Å²) >= 11 is 0. The average molecular weight is 366 g/mol. The van der Waals surface area contributed by atoms with Gasteiger partial charge in [-0.3, -0.25) is 9.78 Å². The van der Waals surface area contributed by atoms with Crippen LogP contribution >= 0.6 is 0 Å². The van der Waals surface area contributed by atoms with E-state index in [0.29, 0.717) is 5.56 Å². The second kappa shape index (κ2) is 7.28. The molecule has 0 radical (unpaired) electrons. The van der Waals surface area contributed by atoms with Crippen molar-refractivity contribution in [3.63, 3.8) is 0 Å². The molecule has 0 unspecified atom stereocenters. The van der Waals surface area contributed by atoms with E-state index >= 15 is 0 Å². The lowest BCUT2D eigenvalue weighted by Crippen LogP contribution is -2.12. The minimum absolute atomic E-state index is 0.0975. The van der Waals surface area contributed by atoms with Crippen molar-refractivity contribution in [2.75, 3.05) is 5.32 Å². The molecule has 0 fully saturated rings. The van der Waals surface area contributed by atoms with Crippen LogP contribution in [0.15, 0.2) is 72.9 Å². The quantitative estimate of drug-likeness (QED) is 0.477. The molecule has 4 aromatic rings. The van der Waals surface area contributed by atoms with Gasteiger partial charge < -0.3 is 5.32 Å². The number of aryl methyl sites for hydroxylation is 2. The first kappa shape index (κ1) is 17.9. The lowest BCUT2D eigenvalue weighted by atomic mass is 9.97. The molecule has 3 heteroatoms. The molecule has 28 heavy (non-hydrogen) atoms. The zero-order chi connectivity index (χ0) is 19.7. The molecule has 3 aromatic carbocycles. The van der Waals surface area contributed by atoms with Crippen molar-refractivity contribution in [2.24, 2.45) is 0 Å². The van der Waals surface area contributed by atoms with E-state index in [1.54, 1.807) is 0 Å². The van der Waals surface area contributed by atoms with E-state index in [0.717, 1.165) is 38.8 Å². The van der Waals surface area contributed by atoms with E-state index in [-0.39, 0.29) is 5.91 Å². The molecule has 0 aliphatic heterocycles. The van der Waals surface area contributed by atoms with Crippen molar-refractivity contribution in [3.05, 3.63) is 95.2 Å². The Hall–Kier alpha value is -3.46. The molecular formula is C25H22N2O. The third-order valence-corrected chi connectivity index (χ3v) is 5.26. The van der Waals surface area contributed by atoms with Gasteiger partial charge >= 0.3 is 0 Å². The summed E-state index contributed by atoms with van der Waals surface area (Å²) in [7, 11) is 0. The Morgan fingerprint density at radius 3 is 2.43 bits per heavy atom. The van der Waals surface area contributed by atoms with Gasteiger partial charge in [-0.25, -0.2) is 0 Å². The maximum atomic E-state index is 12.6. The van der Waals surface area contributed by atoms with Crippen LogP contribution in [0.2, 0.25) is 0 Å². The van der Waals surface area contributed by atoms with Crippen LogP contribution < -0.4 is 5.32 Å². The Labute approximate surface area is 165 Å². The van der Waals surface area contributed by atoms with E-state index in [2.05, 4.69) is 35.4 Å². The maximum absolute atomic E-state index is 12.6. The number of fused-ring (bicyclic) bond motifs is 1. The number of rotatable bonds is 3. The van der Waals surface area contributed by atoms with Crippen LogP contribution in [0.1, 0.15) is 27.0 Å². The number of anilines is 1. The molecule has 0 atom stereocenters. The number of hydrogen-bond acceptors (Lipinski definition) is 2. The molecule has 1 N–H and O–H groups in total. The molecule has 0 spiro atoms. The van der Waals surface area contributed by atoms with Gasteiger partial charge in [0.15, 0.2) is 0 Å². The van der Waals surface area contributed by atoms with Crippen LogP contribution in [0.4, 0.5) is 5.69 Å². The average Bonchev–Trinajstić information content (AvgIpc) is 2.71. The van der Waals surface area contributed by atoms with Crippen molar-refractivity contribution in [3.8, 4) is 11.1 Å². The van der Waals surface area contributed by atoms with Gasteiger partial charge in [-0.1, -0.05) is 30.3 Å². The third-order valence-electron chi connectivity index (χ3n) is 5.26. The van der Waals surface area contributed by atoms with Crippen LogP contribution in [0.5, 0.6) is 0 Å². The van der Waals surface area contributed by atoms with Crippen molar-refractivity contribution in [2.45, 2.75) is 20.8 Å². The minimum Gasteiger partial charge on any atom is -0.322 e. The van der Waals surface area contributed by atoms with Gasteiger partial charge in [0.1, 0.15) is 0 Å². The zero-order valence-electron chi connectivity index (χ0n) is 16.3. The molecule has 4 rings (SSSR count). The smallest absolute Gasteiger partial charge is 0.255 e. The number of benzene rings is 3. The Morgan fingerprint density at radius 1 is 0.857 bits per heavy atom. The van der Waals surface area contributed by atoms with Crippen molar-refractivity contribution >= 4 is 22.5 Å². The number of nitrogens with zero attached hydrogens (tertiary/aromatic N) is 1. The molecule has 0 aliphatic carbocycles. The SMILES string of the molecule is Cc1cc2ncccc2cc1-c1ccc(C(=O)Nc2cccc(C)c2C)cc1. The Bertz CT molecular complexity index is 1180. The van der Waals surface area contributed by atoms with Crippen LogP contribution in [-0.4, -0.2) is 10.9 Å². The van der Waals surface area contributed by atoms with Gasteiger partial charge in [0.25, 0.3) is 5.91 Å². The number of amides is 1. The number of pyridine rings is 1. The molecular weight excluding hydrogens is 344 g/mol. The van der Waals surface area contributed by atoms with Gasteiger partial charge in [-0.05, 0) is 85.0 Å². The second-order valence-electron chi connectivity index (χ2n) is 7.14. The Kier molecular flexibility index (Phi) is 4.66. The first-order valence-electron chi connectivity index (χ1n) is 9.36. The highest BCUT2D eigenvalue weighted by atomic mass is 16.1. The summed E-state index contributed by atoms with van der Waals surface area (Å²) < 4.78 is 0. The summed E-state index contributed by atoms with van der Waals surface area (Å²) in [6.45, 7) is 6.15. The monoisotopic (exact) mass is 366 g/mol. The first-order chi connectivity index (χ1) is 13.5. The molecule has 0 saturated carbocycles. The lowest BCUT2D eigenvalue weighted by molar-refractivity contribution is 0.102. The standard InChI is InChI=1S/C25H22N2O/c1-16-6-4-8-23(18(16)3)27-25(28)20-11-9-19(10-12-20)22-15-21-7-5-13-26-24(21)14-17(22)2/h4-15H,1-3H3,(H,27,28). The number of nitrogens with one attached hydrogen (secondary N) is 1. The van der Waals surface area contributed by atoms with Crippen LogP contribution in [0.25, 0.3) is 22.0 Å². The maximum Gasteiger partial charge on any atom is 0.255 e. The molecule has 3 nitrogen and oxygen atoms in total. The van der Waals surface area contributed by atoms with Gasteiger partial charge in [-0.15, -0.1) is 0 Å². The molecule has 0 aliphatic rings. The van der Waals surface area contributed by atoms with Gasteiger partial charge in [0.2, 0.25) is 0 Å². The minimum atomic E-state index is -0.0975. The predicted molar refractivity (Wildman–Crippen MR) is 116 cm³/mol. The highest BCUT2D eigenvalue weighted by Crippen LogP contribution is 2.28. The fourth-order valence-electron chi connectivity index (χ4n) is 3.42. The van der Waals surface area contributed by atoms with Gasteiger partial charge in [0, 0.05) is 22.8 Å². The number of hydrogen-bond donors (Lipinski definition) is 1. The normalized spacial score (nSPS) is 10.8. The number of aromatic nitrogens is 1. The first-order valence-corrected chi connectivity index (χ1v) is 9.36. The van der Waals surface area contributed by atoms with Crippen molar-refractivity contribution < 1.29 is 4.79 Å². The number of carbonyl (C=O) groups is 1. The van der Waals surface area contributed by atoms with Gasteiger partial charge in [0.05, 0.1) is 5.52 Å². The van der Waals surface area contributed by atoms with Crippen LogP contribution in [0, 0.1) is 20.8 Å². The summed E-state index contributed by atoms with van der Waals surface area (Å²) in [5.74, 6) is -0.0975. The zero-order valence-corrected chi connectivity index (χ0v) is 16.3.